The maximum Gasteiger partial charge on any atom is -0.0323 e. The summed E-state index contributed by atoms with van der Waals surface area (Å²) in [6.07, 6.45) is 8.83. The summed E-state index contributed by atoms with van der Waals surface area (Å²) in [6, 6.07) is 0. The van der Waals surface area contributed by atoms with Crippen LogP contribution in [0.4, 0.5) is 0 Å². The maximum absolute atomic E-state index is 2.53. The fraction of sp³-hybridized carbons (Fsp3) is 1.00. The molecule has 18 heavy (non-hydrogen) atoms. The largest absolute Gasteiger partial charge is 0.0683 e. The lowest BCUT2D eigenvalue weighted by molar-refractivity contribution is -0.0131. The van der Waals surface area contributed by atoms with Gasteiger partial charge in [0.05, 0.1) is 0 Å². The molecule has 0 heterocycles. The average molecular weight is 252 g/mol. The third-order valence-corrected chi connectivity index (χ3v) is 6.10. The lowest BCUT2D eigenvalue weighted by Crippen LogP contribution is -2.42. The number of fused-ring (bicyclic) bond motifs is 1. The van der Waals surface area contributed by atoms with E-state index in [1.54, 1.807) is 0 Å². The molecule has 2 rings (SSSR count). The molecule has 2 fully saturated rings. The first-order valence-corrected chi connectivity index (χ1v) is 8.34. The van der Waals surface area contributed by atoms with Gasteiger partial charge in [0.1, 0.15) is 0 Å². The predicted molar refractivity (Wildman–Crippen MR) is 82.8 cm³/mol. The van der Waals surface area contributed by atoms with E-state index in [1.807, 2.05) is 13.8 Å². The Hall–Kier alpha value is 0. The van der Waals surface area contributed by atoms with E-state index < -0.39 is 0 Å². The van der Waals surface area contributed by atoms with Crippen molar-refractivity contribution in [2.24, 2.45) is 28.6 Å². The van der Waals surface area contributed by atoms with Crippen LogP contribution in [0.5, 0.6) is 0 Å². The topological polar surface area (TPSA) is 0 Å². The molecular weight excluding hydrogens is 216 g/mol. The van der Waals surface area contributed by atoms with E-state index in [9.17, 15) is 0 Å². The fourth-order valence-corrected chi connectivity index (χ4v) is 4.46. The molecule has 0 aromatic rings. The summed E-state index contributed by atoms with van der Waals surface area (Å²) in [6.45, 7) is 16.6. The summed E-state index contributed by atoms with van der Waals surface area (Å²) in [5.74, 6) is 2.92. The Labute approximate surface area is 116 Å². The first-order valence-electron chi connectivity index (χ1n) is 8.34. The molecule has 3 unspecified atom stereocenters. The van der Waals surface area contributed by atoms with Crippen molar-refractivity contribution in [1.82, 2.24) is 0 Å². The van der Waals surface area contributed by atoms with E-state index in [1.165, 1.54) is 38.5 Å². The minimum Gasteiger partial charge on any atom is -0.0683 e. The molecule has 0 N–H and O–H groups in total. The van der Waals surface area contributed by atoms with Crippen LogP contribution >= 0.6 is 0 Å². The SMILES string of the molecule is CC.CC1C2CCCCC(C)(C)C2CCC1(C)C. The van der Waals surface area contributed by atoms with Gasteiger partial charge in [-0.3, -0.25) is 0 Å². The monoisotopic (exact) mass is 252 g/mol. The van der Waals surface area contributed by atoms with Gasteiger partial charge in [-0.2, -0.15) is 0 Å². The van der Waals surface area contributed by atoms with Gasteiger partial charge >= 0.3 is 0 Å². The van der Waals surface area contributed by atoms with Crippen LogP contribution in [0, 0.1) is 28.6 Å². The Kier molecular flexibility index (Phi) is 5.32. The van der Waals surface area contributed by atoms with E-state index in [4.69, 9.17) is 0 Å². The first-order chi connectivity index (χ1) is 8.34. The zero-order valence-corrected chi connectivity index (χ0v) is 14.0. The number of hydrogen-bond donors (Lipinski definition) is 0. The molecule has 0 heteroatoms. The summed E-state index contributed by atoms with van der Waals surface area (Å²) < 4.78 is 0. The Morgan fingerprint density at radius 1 is 0.778 bits per heavy atom. The van der Waals surface area contributed by atoms with Gasteiger partial charge in [0.25, 0.3) is 0 Å². The quantitative estimate of drug-likeness (QED) is 0.474. The number of rotatable bonds is 0. The van der Waals surface area contributed by atoms with Crippen molar-refractivity contribution in [2.75, 3.05) is 0 Å². The van der Waals surface area contributed by atoms with Gasteiger partial charge < -0.3 is 0 Å². The third kappa shape index (κ3) is 3.11. The smallest absolute Gasteiger partial charge is 0.0323 e. The fourth-order valence-electron chi connectivity index (χ4n) is 4.46. The van der Waals surface area contributed by atoms with Gasteiger partial charge in [-0.05, 0) is 54.3 Å². The van der Waals surface area contributed by atoms with Gasteiger partial charge in [0.2, 0.25) is 0 Å². The molecule has 108 valence electrons. The van der Waals surface area contributed by atoms with Crippen LogP contribution in [0.2, 0.25) is 0 Å². The zero-order chi connectivity index (χ0) is 14.0. The van der Waals surface area contributed by atoms with Crippen LogP contribution in [0.25, 0.3) is 0 Å². The summed E-state index contributed by atoms with van der Waals surface area (Å²) >= 11 is 0. The molecule has 0 spiro atoms. The summed E-state index contributed by atoms with van der Waals surface area (Å²) in [4.78, 5) is 0. The first kappa shape index (κ1) is 16.1. The van der Waals surface area contributed by atoms with E-state index in [0.717, 1.165) is 17.8 Å². The van der Waals surface area contributed by atoms with Crippen LogP contribution in [-0.4, -0.2) is 0 Å². The van der Waals surface area contributed by atoms with Crippen LogP contribution in [0.15, 0.2) is 0 Å². The lowest BCUT2D eigenvalue weighted by Gasteiger charge is -2.51. The van der Waals surface area contributed by atoms with E-state index in [2.05, 4.69) is 34.6 Å². The van der Waals surface area contributed by atoms with Crippen LogP contribution in [-0.2, 0) is 0 Å². The molecule has 2 saturated carbocycles. The molecule has 0 saturated heterocycles. The van der Waals surface area contributed by atoms with Gasteiger partial charge in [-0.25, -0.2) is 0 Å². The van der Waals surface area contributed by atoms with Crippen LogP contribution in [0.1, 0.15) is 87.0 Å². The van der Waals surface area contributed by atoms with Crippen molar-refractivity contribution in [1.29, 1.82) is 0 Å². The molecule has 0 aliphatic heterocycles. The lowest BCUT2D eigenvalue weighted by atomic mass is 9.54. The van der Waals surface area contributed by atoms with Crippen molar-refractivity contribution in [3.05, 3.63) is 0 Å². The summed E-state index contributed by atoms with van der Waals surface area (Å²) in [5, 5.41) is 0. The van der Waals surface area contributed by atoms with Crippen molar-refractivity contribution in [3.8, 4) is 0 Å². The molecular formula is C18H36. The highest BCUT2D eigenvalue weighted by Gasteiger charge is 2.46. The minimum absolute atomic E-state index is 0.585. The van der Waals surface area contributed by atoms with E-state index in [-0.39, 0.29) is 0 Å². The number of hydrogen-bond acceptors (Lipinski definition) is 0. The third-order valence-electron chi connectivity index (χ3n) is 6.10. The van der Waals surface area contributed by atoms with Gasteiger partial charge in [0, 0.05) is 0 Å². The molecule has 0 radical (unpaired) electrons. The highest BCUT2D eigenvalue weighted by atomic mass is 14.5. The van der Waals surface area contributed by atoms with Crippen molar-refractivity contribution in [2.45, 2.75) is 87.0 Å². The molecule has 0 nitrogen and oxygen atoms in total. The summed E-state index contributed by atoms with van der Waals surface area (Å²) in [7, 11) is 0. The van der Waals surface area contributed by atoms with Crippen molar-refractivity contribution < 1.29 is 0 Å². The molecule has 0 amide bonds. The predicted octanol–water partition coefficient (Wildman–Crippen LogP) is 6.30. The Balaban J connectivity index is 0.000000771. The molecule has 0 aromatic heterocycles. The normalized spacial score (nSPS) is 37.8. The minimum atomic E-state index is 0.585. The Morgan fingerprint density at radius 2 is 1.39 bits per heavy atom. The molecule has 3 atom stereocenters. The molecule has 2 aliphatic carbocycles. The van der Waals surface area contributed by atoms with Gasteiger partial charge in [-0.15, -0.1) is 0 Å². The molecule has 2 aliphatic rings. The Bertz CT molecular complexity index is 249. The second kappa shape index (κ2) is 5.97. The second-order valence-electron chi connectivity index (χ2n) is 7.82. The zero-order valence-electron chi connectivity index (χ0n) is 14.0. The highest BCUT2D eigenvalue weighted by Crippen LogP contribution is 2.56. The van der Waals surface area contributed by atoms with Gasteiger partial charge in [-0.1, -0.05) is 61.3 Å². The standard InChI is InChI=1S/C16H30.C2H6/c1-12-13-8-6-7-10-16(4,5)14(13)9-11-15(12,2)3;1-2/h12-14H,6-11H2,1-5H3;1-2H3. The Morgan fingerprint density at radius 3 is 2.00 bits per heavy atom. The second-order valence-corrected chi connectivity index (χ2v) is 7.82. The van der Waals surface area contributed by atoms with Crippen molar-refractivity contribution >= 4 is 0 Å². The van der Waals surface area contributed by atoms with E-state index in [0.29, 0.717) is 10.8 Å². The average Bonchev–Trinajstić information content (AvgIpc) is 2.46. The molecule has 0 aromatic carbocycles. The van der Waals surface area contributed by atoms with Crippen LogP contribution in [0.3, 0.4) is 0 Å². The molecule has 0 bridgehead atoms. The van der Waals surface area contributed by atoms with Crippen molar-refractivity contribution in [3.63, 3.8) is 0 Å². The highest BCUT2D eigenvalue weighted by molar-refractivity contribution is 4.96. The van der Waals surface area contributed by atoms with E-state index >= 15 is 0 Å². The van der Waals surface area contributed by atoms with Crippen LogP contribution < -0.4 is 0 Å². The summed E-state index contributed by atoms with van der Waals surface area (Å²) in [5.41, 5.74) is 1.19. The maximum atomic E-state index is 2.53. The van der Waals surface area contributed by atoms with Gasteiger partial charge in [0.15, 0.2) is 0 Å².